The summed E-state index contributed by atoms with van der Waals surface area (Å²) in [7, 11) is 0. The van der Waals surface area contributed by atoms with Crippen molar-refractivity contribution in [2.24, 2.45) is 0 Å². The number of nitrogens with one attached hydrogen (secondary N) is 1. The Morgan fingerprint density at radius 2 is 2.04 bits per heavy atom. The van der Waals surface area contributed by atoms with Gasteiger partial charge in [-0.05, 0) is 43.7 Å². The Bertz CT molecular complexity index is 1050. The van der Waals surface area contributed by atoms with Crippen LogP contribution in [-0.2, 0) is 0 Å². The molecule has 0 aliphatic heterocycles. The predicted molar refractivity (Wildman–Crippen MR) is 92.2 cm³/mol. The summed E-state index contributed by atoms with van der Waals surface area (Å²) in [5, 5.41) is 3.45. The van der Waals surface area contributed by atoms with Gasteiger partial charge in [-0.1, -0.05) is 23.5 Å². The molecule has 0 fully saturated rings. The Labute approximate surface area is 136 Å². The molecular weight excluding hydrogens is 308 g/mol. The average molecular weight is 322 g/mol. The zero-order valence-corrected chi connectivity index (χ0v) is 13.5. The molecule has 1 N–H and O–H groups in total. The van der Waals surface area contributed by atoms with Crippen LogP contribution >= 0.6 is 11.3 Å². The van der Waals surface area contributed by atoms with Gasteiger partial charge in [0.25, 0.3) is 5.91 Å². The fourth-order valence-electron chi connectivity index (χ4n) is 2.60. The molecule has 3 heterocycles. The zero-order valence-electron chi connectivity index (χ0n) is 12.7. The Morgan fingerprint density at radius 3 is 2.91 bits per heavy atom. The molecule has 5 nitrogen and oxygen atoms in total. The Morgan fingerprint density at radius 1 is 1.17 bits per heavy atom. The van der Waals surface area contributed by atoms with Crippen molar-refractivity contribution >= 4 is 38.1 Å². The van der Waals surface area contributed by atoms with Gasteiger partial charge in [-0.25, -0.2) is 9.97 Å². The fraction of sp³-hybridized carbons (Fsp3) is 0.118. The molecule has 0 bridgehead atoms. The fourth-order valence-corrected chi connectivity index (χ4v) is 3.56. The second kappa shape index (κ2) is 5.17. The minimum absolute atomic E-state index is 0.238. The van der Waals surface area contributed by atoms with Crippen LogP contribution in [0, 0.1) is 13.8 Å². The van der Waals surface area contributed by atoms with Crippen molar-refractivity contribution in [3.8, 4) is 0 Å². The number of nitrogens with zero attached hydrogens (tertiary/aromatic N) is 3. The van der Waals surface area contributed by atoms with Crippen LogP contribution in [0.25, 0.3) is 15.7 Å². The number of aryl methyl sites for hydroxylation is 2. The van der Waals surface area contributed by atoms with Gasteiger partial charge in [0.05, 0.1) is 15.7 Å². The molecule has 0 radical (unpaired) electrons. The Balaban J connectivity index is 1.70. The van der Waals surface area contributed by atoms with E-state index in [9.17, 15) is 4.79 Å². The topological polar surface area (TPSA) is 59.3 Å². The van der Waals surface area contributed by atoms with Crippen molar-refractivity contribution in [3.63, 3.8) is 0 Å². The van der Waals surface area contributed by atoms with E-state index in [0.29, 0.717) is 10.8 Å². The van der Waals surface area contributed by atoms with Gasteiger partial charge in [0.1, 0.15) is 5.82 Å². The largest absolute Gasteiger partial charge is 0.303 e. The molecule has 0 spiro atoms. The number of benzene rings is 1. The first-order chi connectivity index (χ1) is 11.1. The van der Waals surface area contributed by atoms with Crippen molar-refractivity contribution in [1.29, 1.82) is 0 Å². The van der Waals surface area contributed by atoms with Gasteiger partial charge in [-0.15, -0.1) is 0 Å². The number of fused-ring (bicyclic) bond motifs is 2. The number of aromatic nitrogens is 3. The summed E-state index contributed by atoms with van der Waals surface area (Å²) < 4.78 is 2.96. The van der Waals surface area contributed by atoms with Crippen LogP contribution in [0.4, 0.5) is 5.13 Å². The predicted octanol–water partition coefficient (Wildman–Crippen LogP) is 3.81. The van der Waals surface area contributed by atoms with E-state index in [-0.39, 0.29) is 5.91 Å². The van der Waals surface area contributed by atoms with E-state index in [2.05, 4.69) is 21.4 Å². The number of hydrogen-bond acceptors (Lipinski definition) is 4. The molecule has 114 valence electrons. The molecule has 6 heteroatoms. The van der Waals surface area contributed by atoms with E-state index < -0.39 is 0 Å². The lowest BCUT2D eigenvalue weighted by Gasteiger charge is -1.99. The third kappa shape index (κ3) is 2.37. The molecule has 0 aliphatic carbocycles. The lowest BCUT2D eigenvalue weighted by atomic mass is 10.2. The lowest BCUT2D eigenvalue weighted by molar-refractivity contribution is 0.102. The highest BCUT2D eigenvalue weighted by atomic mass is 32.1. The van der Waals surface area contributed by atoms with Crippen LogP contribution in [0.3, 0.4) is 0 Å². The Kier molecular flexibility index (Phi) is 3.12. The van der Waals surface area contributed by atoms with Gasteiger partial charge < -0.3 is 4.40 Å². The van der Waals surface area contributed by atoms with Crippen molar-refractivity contribution in [3.05, 3.63) is 59.7 Å². The summed E-state index contributed by atoms with van der Waals surface area (Å²) in [5.41, 5.74) is 3.27. The molecule has 3 aromatic heterocycles. The molecule has 0 saturated carbocycles. The van der Waals surface area contributed by atoms with E-state index in [4.69, 9.17) is 0 Å². The monoisotopic (exact) mass is 322 g/mol. The van der Waals surface area contributed by atoms with Gasteiger partial charge in [0.2, 0.25) is 0 Å². The lowest BCUT2D eigenvalue weighted by Crippen LogP contribution is -2.12. The molecular formula is C17H14N4OS. The summed E-state index contributed by atoms with van der Waals surface area (Å²) in [6.45, 7) is 3.92. The number of carbonyl (C=O) groups excluding carboxylic acids is 1. The number of carbonyl (C=O) groups is 1. The molecule has 0 unspecified atom stereocenters. The van der Waals surface area contributed by atoms with Crippen molar-refractivity contribution < 1.29 is 4.79 Å². The number of pyridine rings is 1. The highest BCUT2D eigenvalue weighted by Crippen LogP contribution is 2.27. The molecule has 1 aromatic carbocycles. The van der Waals surface area contributed by atoms with Gasteiger partial charge in [0, 0.05) is 6.20 Å². The average Bonchev–Trinajstić information content (AvgIpc) is 3.08. The van der Waals surface area contributed by atoms with E-state index >= 15 is 0 Å². The van der Waals surface area contributed by atoms with Crippen LogP contribution in [0.2, 0.25) is 0 Å². The quantitative estimate of drug-likeness (QED) is 0.610. The molecule has 4 rings (SSSR count). The number of imidazole rings is 1. The van der Waals surface area contributed by atoms with Crippen LogP contribution in [-0.4, -0.2) is 20.3 Å². The minimum Gasteiger partial charge on any atom is -0.303 e. The van der Waals surface area contributed by atoms with E-state index in [1.165, 1.54) is 16.9 Å². The molecule has 0 aliphatic rings. The first kappa shape index (κ1) is 13.9. The van der Waals surface area contributed by atoms with E-state index in [1.807, 2.05) is 54.8 Å². The number of rotatable bonds is 2. The van der Waals surface area contributed by atoms with Crippen LogP contribution in [0.15, 0.2) is 42.6 Å². The number of hydrogen-bond donors (Lipinski definition) is 1. The molecule has 1 amide bonds. The number of amides is 1. The SMILES string of the molecule is Cc1ccc2nc(NC(=O)c3nc(C)n4ccccc34)sc2c1. The maximum Gasteiger partial charge on any atom is 0.278 e. The summed E-state index contributed by atoms with van der Waals surface area (Å²) >= 11 is 1.47. The highest BCUT2D eigenvalue weighted by molar-refractivity contribution is 7.22. The molecule has 4 aromatic rings. The van der Waals surface area contributed by atoms with Gasteiger partial charge in [-0.2, -0.15) is 0 Å². The first-order valence-electron chi connectivity index (χ1n) is 7.24. The maximum absolute atomic E-state index is 12.6. The minimum atomic E-state index is -0.238. The number of anilines is 1. The summed E-state index contributed by atoms with van der Waals surface area (Å²) in [4.78, 5) is 21.4. The third-order valence-electron chi connectivity index (χ3n) is 3.70. The first-order valence-corrected chi connectivity index (χ1v) is 8.06. The van der Waals surface area contributed by atoms with Crippen molar-refractivity contribution in [2.45, 2.75) is 13.8 Å². The molecule has 0 atom stereocenters. The summed E-state index contributed by atoms with van der Waals surface area (Å²) in [5.74, 6) is 0.545. The summed E-state index contributed by atoms with van der Waals surface area (Å²) in [6, 6.07) is 11.7. The number of thiazole rings is 1. The van der Waals surface area contributed by atoms with E-state index in [0.717, 1.165) is 21.6 Å². The highest BCUT2D eigenvalue weighted by Gasteiger charge is 2.17. The van der Waals surface area contributed by atoms with Crippen LogP contribution in [0.1, 0.15) is 21.9 Å². The summed E-state index contributed by atoms with van der Waals surface area (Å²) in [6.07, 6.45) is 1.90. The van der Waals surface area contributed by atoms with Gasteiger partial charge >= 0.3 is 0 Å². The van der Waals surface area contributed by atoms with E-state index in [1.54, 1.807) is 0 Å². The zero-order chi connectivity index (χ0) is 16.0. The van der Waals surface area contributed by atoms with Gasteiger partial charge in [0.15, 0.2) is 10.8 Å². The normalized spacial score (nSPS) is 11.2. The van der Waals surface area contributed by atoms with Crippen molar-refractivity contribution in [2.75, 3.05) is 5.32 Å². The van der Waals surface area contributed by atoms with Crippen LogP contribution < -0.4 is 5.32 Å². The Hall–Kier alpha value is -2.73. The smallest absolute Gasteiger partial charge is 0.278 e. The third-order valence-corrected chi connectivity index (χ3v) is 4.64. The maximum atomic E-state index is 12.6. The molecule has 23 heavy (non-hydrogen) atoms. The second-order valence-electron chi connectivity index (χ2n) is 5.41. The standard InChI is InChI=1S/C17H14N4OS/c1-10-6-7-12-14(9-10)23-17(19-12)20-16(22)15-13-5-3-4-8-21(13)11(2)18-15/h3-9H,1-2H3,(H,19,20,22). The van der Waals surface area contributed by atoms with Crippen molar-refractivity contribution in [1.82, 2.24) is 14.4 Å². The second-order valence-corrected chi connectivity index (χ2v) is 6.44. The van der Waals surface area contributed by atoms with Crippen LogP contribution in [0.5, 0.6) is 0 Å². The molecule has 0 saturated heterocycles. The van der Waals surface area contributed by atoms with Gasteiger partial charge in [-0.3, -0.25) is 10.1 Å².